The third-order valence-corrected chi connectivity index (χ3v) is 7.58. The van der Waals surface area contributed by atoms with Gasteiger partial charge in [-0.3, -0.25) is 9.69 Å². The third kappa shape index (κ3) is 4.77. The van der Waals surface area contributed by atoms with Crippen LogP contribution < -0.4 is 9.47 Å². The molecule has 37 heavy (non-hydrogen) atoms. The zero-order valence-corrected chi connectivity index (χ0v) is 21.7. The summed E-state index contributed by atoms with van der Waals surface area (Å²) in [6, 6.07) is 23.8. The van der Waals surface area contributed by atoms with Crippen molar-refractivity contribution in [2.24, 2.45) is 0 Å². The summed E-state index contributed by atoms with van der Waals surface area (Å²) in [5.74, 6) is 1.31. The Morgan fingerprint density at radius 3 is 2.54 bits per heavy atom. The monoisotopic (exact) mass is 525 g/mol. The number of rotatable bonds is 5. The van der Waals surface area contributed by atoms with Crippen molar-refractivity contribution in [1.29, 1.82) is 0 Å². The van der Waals surface area contributed by atoms with Crippen molar-refractivity contribution in [2.75, 3.05) is 13.2 Å². The van der Waals surface area contributed by atoms with E-state index in [1.165, 1.54) is 17.3 Å². The van der Waals surface area contributed by atoms with Crippen LogP contribution in [-0.2, 0) is 11.3 Å². The van der Waals surface area contributed by atoms with Crippen molar-refractivity contribution in [2.45, 2.75) is 13.5 Å². The molecular formula is C29H23N3O3S2. The fourth-order valence-corrected chi connectivity index (χ4v) is 5.52. The van der Waals surface area contributed by atoms with Gasteiger partial charge in [0.1, 0.15) is 23.2 Å². The van der Waals surface area contributed by atoms with E-state index in [0.717, 1.165) is 33.8 Å². The molecule has 0 atom stereocenters. The van der Waals surface area contributed by atoms with Gasteiger partial charge in [-0.05, 0) is 48.9 Å². The fourth-order valence-electron chi connectivity index (χ4n) is 4.27. The first-order valence-electron chi connectivity index (χ1n) is 11.9. The number of carbonyl (C=O) groups excluding carboxylic acids is 1. The fraction of sp³-hybridized carbons (Fsp3) is 0.138. The van der Waals surface area contributed by atoms with E-state index < -0.39 is 0 Å². The molecular weight excluding hydrogens is 502 g/mol. The minimum Gasteiger partial charge on any atom is -0.486 e. The van der Waals surface area contributed by atoms with E-state index in [1.807, 2.05) is 96.7 Å². The van der Waals surface area contributed by atoms with Gasteiger partial charge in [-0.2, -0.15) is 5.10 Å². The van der Waals surface area contributed by atoms with Gasteiger partial charge in [-0.25, -0.2) is 4.68 Å². The molecule has 0 radical (unpaired) electrons. The number of amides is 1. The minimum atomic E-state index is -0.101. The number of hydrogen-bond donors (Lipinski definition) is 0. The zero-order chi connectivity index (χ0) is 25.4. The molecule has 4 aromatic rings. The Labute approximate surface area is 224 Å². The molecule has 6 nitrogen and oxygen atoms in total. The topological polar surface area (TPSA) is 56.6 Å². The molecule has 0 N–H and O–H groups in total. The van der Waals surface area contributed by atoms with Gasteiger partial charge in [0.25, 0.3) is 5.91 Å². The minimum absolute atomic E-state index is 0.101. The van der Waals surface area contributed by atoms with Gasteiger partial charge in [0.2, 0.25) is 0 Å². The molecule has 2 aliphatic heterocycles. The van der Waals surface area contributed by atoms with Crippen LogP contribution in [0.2, 0.25) is 0 Å². The third-order valence-electron chi connectivity index (χ3n) is 6.20. The van der Waals surface area contributed by atoms with E-state index in [4.69, 9.17) is 26.8 Å². The first-order chi connectivity index (χ1) is 18.0. The normalized spacial score (nSPS) is 16.0. The SMILES string of the molecule is Cc1ccc(CN2C(=O)/C(=C/c3cn(-c4ccccc4)nc3-c3ccc4c(c3)OCCO4)SC2=S)cc1. The Morgan fingerprint density at radius 2 is 1.76 bits per heavy atom. The van der Waals surface area contributed by atoms with Gasteiger partial charge in [-0.1, -0.05) is 72.0 Å². The maximum absolute atomic E-state index is 13.4. The van der Waals surface area contributed by atoms with Crippen molar-refractivity contribution < 1.29 is 14.3 Å². The Bertz CT molecular complexity index is 1530. The molecule has 0 spiro atoms. The van der Waals surface area contributed by atoms with Crippen molar-refractivity contribution in [1.82, 2.24) is 14.7 Å². The quantitative estimate of drug-likeness (QED) is 0.235. The van der Waals surface area contributed by atoms with Gasteiger partial charge in [-0.15, -0.1) is 0 Å². The average Bonchev–Trinajstić information content (AvgIpc) is 3.46. The van der Waals surface area contributed by atoms with Crippen LogP contribution in [0.15, 0.2) is 83.9 Å². The van der Waals surface area contributed by atoms with Crippen LogP contribution in [0.4, 0.5) is 0 Å². The van der Waals surface area contributed by atoms with Gasteiger partial charge < -0.3 is 9.47 Å². The lowest BCUT2D eigenvalue weighted by Gasteiger charge is -2.18. The summed E-state index contributed by atoms with van der Waals surface area (Å²) in [5.41, 5.74) is 5.57. The number of thioether (sulfide) groups is 1. The molecule has 0 aliphatic carbocycles. The van der Waals surface area contributed by atoms with Crippen molar-refractivity contribution in [3.05, 3.63) is 101 Å². The lowest BCUT2D eigenvalue weighted by molar-refractivity contribution is -0.122. The molecule has 184 valence electrons. The van der Waals surface area contributed by atoms with Crippen molar-refractivity contribution >= 4 is 40.3 Å². The first kappa shape index (κ1) is 23.5. The number of thiocarbonyl (C=S) groups is 1. The van der Waals surface area contributed by atoms with Crippen LogP contribution in [0.3, 0.4) is 0 Å². The highest BCUT2D eigenvalue weighted by atomic mass is 32.2. The van der Waals surface area contributed by atoms with E-state index in [2.05, 4.69) is 0 Å². The first-order valence-corrected chi connectivity index (χ1v) is 13.1. The zero-order valence-electron chi connectivity index (χ0n) is 20.1. The van der Waals surface area contributed by atoms with Crippen LogP contribution in [0, 0.1) is 6.92 Å². The molecule has 1 saturated heterocycles. The number of carbonyl (C=O) groups is 1. The summed E-state index contributed by atoms with van der Waals surface area (Å²) in [4.78, 5) is 15.6. The maximum Gasteiger partial charge on any atom is 0.266 e. The Hall–Kier alpha value is -3.88. The van der Waals surface area contributed by atoms with E-state index in [9.17, 15) is 4.79 Å². The number of para-hydroxylation sites is 1. The van der Waals surface area contributed by atoms with Gasteiger partial charge in [0.15, 0.2) is 11.5 Å². The van der Waals surface area contributed by atoms with Gasteiger partial charge in [0.05, 0.1) is 17.1 Å². The number of hydrogen-bond acceptors (Lipinski definition) is 6. The van der Waals surface area contributed by atoms with Crippen LogP contribution >= 0.6 is 24.0 Å². The second-order valence-corrected chi connectivity index (χ2v) is 10.5. The van der Waals surface area contributed by atoms with Crippen LogP contribution in [0.5, 0.6) is 11.5 Å². The average molecular weight is 526 g/mol. The molecule has 3 heterocycles. The molecule has 1 aromatic heterocycles. The van der Waals surface area contributed by atoms with Gasteiger partial charge in [0, 0.05) is 17.3 Å². The lowest BCUT2D eigenvalue weighted by Crippen LogP contribution is -2.27. The molecule has 1 amide bonds. The summed E-state index contributed by atoms with van der Waals surface area (Å²) in [7, 11) is 0. The lowest BCUT2D eigenvalue weighted by atomic mass is 10.1. The predicted octanol–water partition coefficient (Wildman–Crippen LogP) is 6.02. The maximum atomic E-state index is 13.4. The number of ether oxygens (including phenoxy) is 2. The molecule has 0 saturated carbocycles. The Morgan fingerprint density at radius 1 is 1.00 bits per heavy atom. The van der Waals surface area contributed by atoms with Crippen LogP contribution in [0.25, 0.3) is 23.0 Å². The highest BCUT2D eigenvalue weighted by Crippen LogP contribution is 2.38. The highest BCUT2D eigenvalue weighted by molar-refractivity contribution is 8.26. The number of aromatic nitrogens is 2. The highest BCUT2D eigenvalue weighted by Gasteiger charge is 2.32. The summed E-state index contributed by atoms with van der Waals surface area (Å²) < 4.78 is 13.9. The predicted molar refractivity (Wildman–Crippen MR) is 150 cm³/mol. The summed E-state index contributed by atoms with van der Waals surface area (Å²) >= 11 is 6.90. The molecule has 8 heteroatoms. The number of benzene rings is 3. The van der Waals surface area contributed by atoms with E-state index >= 15 is 0 Å². The van der Waals surface area contributed by atoms with Crippen LogP contribution in [0.1, 0.15) is 16.7 Å². The van der Waals surface area contributed by atoms with E-state index in [1.54, 1.807) is 4.90 Å². The van der Waals surface area contributed by atoms with E-state index in [-0.39, 0.29) is 5.91 Å². The standard InChI is InChI=1S/C29H23N3O3S2/c1-19-7-9-20(10-8-19)17-31-28(33)26(37-29(31)36)16-22-18-32(23-5-3-2-4-6-23)30-27(22)21-11-12-24-25(15-21)35-14-13-34-24/h2-12,15-16,18H,13-14,17H2,1H3/b26-16-. The van der Waals surface area contributed by atoms with Crippen molar-refractivity contribution in [3.8, 4) is 28.4 Å². The Balaban J connectivity index is 1.37. The molecule has 3 aromatic carbocycles. The number of nitrogens with zero attached hydrogens (tertiary/aromatic N) is 3. The second kappa shape index (κ2) is 9.88. The smallest absolute Gasteiger partial charge is 0.266 e. The van der Waals surface area contributed by atoms with Gasteiger partial charge >= 0.3 is 0 Å². The molecule has 2 aliphatic rings. The number of fused-ring (bicyclic) bond motifs is 1. The summed E-state index contributed by atoms with van der Waals surface area (Å²) in [6.45, 7) is 3.53. The second-order valence-electron chi connectivity index (χ2n) is 8.83. The molecule has 1 fully saturated rings. The molecule has 0 unspecified atom stereocenters. The van der Waals surface area contributed by atoms with E-state index in [0.29, 0.717) is 34.7 Å². The largest absolute Gasteiger partial charge is 0.486 e. The Kier molecular flexibility index (Phi) is 6.28. The molecule has 0 bridgehead atoms. The van der Waals surface area contributed by atoms with Crippen molar-refractivity contribution in [3.63, 3.8) is 0 Å². The summed E-state index contributed by atoms with van der Waals surface area (Å²) in [5, 5.41) is 4.89. The summed E-state index contributed by atoms with van der Waals surface area (Å²) in [6.07, 6.45) is 3.82. The molecule has 6 rings (SSSR count). The van der Waals surface area contributed by atoms with Crippen LogP contribution in [-0.4, -0.2) is 38.1 Å². The number of aryl methyl sites for hydroxylation is 1.